The van der Waals surface area contributed by atoms with E-state index in [1.807, 2.05) is 28.8 Å². The standard InChI is InChI=1S/C21H26BrN5O2/c1-14-5-4-10-26(11-14)13-17-23-19-18(20(28)25(3)21(29)24(19)2)27(17)12-15-6-8-16(22)9-7-15/h6-9,14H,4-5,10-13H2,1-3H3. The molecule has 0 bridgehead atoms. The zero-order valence-electron chi connectivity index (χ0n) is 17.1. The quantitative estimate of drug-likeness (QED) is 0.600. The minimum atomic E-state index is -0.353. The van der Waals surface area contributed by atoms with Gasteiger partial charge in [0.05, 0.1) is 6.54 Å². The predicted octanol–water partition coefficient (Wildman–Crippen LogP) is 2.48. The lowest BCUT2D eigenvalue weighted by molar-refractivity contribution is 0.171. The molecule has 1 fully saturated rings. The smallest absolute Gasteiger partial charge is 0.317 e. The second kappa shape index (κ2) is 7.91. The lowest BCUT2D eigenvalue weighted by atomic mass is 10.0. The van der Waals surface area contributed by atoms with Crippen LogP contribution in [0.2, 0.25) is 0 Å². The maximum Gasteiger partial charge on any atom is 0.332 e. The van der Waals surface area contributed by atoms with Gasteiger partial charge >= 0.3 is 5.69 Å². The van der Waals surface area contributed by atoms with Crippen LogP contribution in [0.25, 0.3) is 11.2 Å². The average molecular weight is 460 g/mol. The Hall–Kier alpha value is -2.19. The molecule has 1 unspecified atom stereocenters. The number of halogens is 1. The van der Waals surface area contributed by atoms with E-state index in [9.17, 15) is 9.59 Å². The molecule has 8 heteroatoms. The van der Waals surface area contributed by atoms with Crippen LogP contribution in [0.5, 0.6) is 0 Å². The van der Waals surface area contributed by atoms with E-state index in [1.165, 1.54) is 24.5 Å². The monoisotopic (exact) mass is 459 g/mol. The van der Waals surface area contributed by atoms with Crippen LogP contribution in [0.3, 0.4) is 0 Å². The number of imidazole rings is 1. The van der Waals surface area contributed by atoms with E-state index in [4.69, 9.17) is 4.98 Å². The third-order valence-electron chi connectivity index (χ3n) is 5.79. The van der Waals surface area contributed by atoms with Crippen LogP contribution in [-0.2, 0) is 27.2 Å². The third kappa shape index (κ3) is 3.83. The number of piperidine rings is 1. The van der Waals surface area contributed by atoms with Crippen molar-refractivity contribution in [3.63, 3.8) is 0 Å². The van der Waals surface area contributed by atoms with Crippen molar-refractivity contribution in [1.29, 1.82) is 0 Å². The number of benzene rings is 1. The number of nitrogens with zero attached hydrogens (tertiary/aromatic N) is 5. The van der Waals surface area contributed by atoms with E-state index in [2.05, 4.69) is 27.8 Å². The van der Waals surface area contributed by atoms with Crippen LogP contribution in [0.1, 0.15) is 31.2 Å². The summed E-state index contributed by atoms with van der Waals surface area (Å²) in [6.45, 7) is 5.54. The molecule has 3 heterocycles. The molecule has 1 atom stereocenters. The minimum absolute atomic E-state index is 0.300. The van der Waals surface area contributed by atoms with Gasteiger partial charge in [0.15, 0.2) is 11.2 Å². The number of aromatic nitrogens is 4. The largest absolute Gasteiger partial charge is 0.332 e. The molecule has 1 aliphatic rings. The molecule has 0 spiro atoms. The van der Waals surface area contributed by atoms with Gasteiger partial charge in [-0.2, -0.15) is 0 Å². The molecule has 0 radical (unpaired) electrons. The number of hydrogen-bond donors (Lipinski definition) is 0. The van der Waals surface area contributed by atoms with Crippen LogP contribution in [0, 0.1) is 5.92 Å². The van der Waals surface area contributed by atoms with Crippen molar-refractivity contribution in [3.05, 3.63) is 61.0 Å². The molecule has 0 N–H and O–H groups in total. The number of aryl methyl sites for hydroxylation is 1. The SMILES string of the molecule is CC1CCCN(Cc2nc3c(c(=O)n(C)c(=O)n3C)n2Cc2ccc(Br)cc2)C1. The molecular formula is C21H26BrN5O2. The Morgan fingerprint density at radius 3 is 2.52 bits per heavy atom. The summed E-state index contributed by atoms with van der Waals surface area (Å²) in [5.41, 5.74) is 1.37. The first-order valence-corrected chi connectivity index (χ1v) is 10.8. The summed E-state index contributed by atoms with van der Waals surface area (Å²) in [6.07, 6.45) is 2.43. The van der Waals surface area contributed by atoms with E-state index in [-0.39, 0.29) is 11.2 Å². The van der Waals surface area contributed by atoms with Gasteiger partial charge < -0.3 is 4.57 Å². The molecule has 1 aromatic carbocycles. The summed E-state index contributed by atoms with van der Waals surface area (Å²) in [7, 11) is 3.20. The van der Waals surface area contributed by atoms with Gasteiger partial charge in [0.2, 0.25) is 0 Å². The lowest BCUT2D eigenvalue weighted by Gasteiger charge is -2.30. The van der Waals surface area contributed by atoms with Crippen molar-refractivity contribution in [2.45, 2.75) is 32.9 Å². The van der Waals surface area contributed by atoms with Crippen LogP contribution in [-0.4, -0.2) is 36.7 Å². The van der Waals surface area contributed by atoms with Crippen molar-refractivity contribution in [3.8, 4) is 0 Å². The van der Waals surface area contributed by atoms with Crippen molar-refractivity contribution >= 4 is 27.1 Å². The van der Waals surface area contributed by atoms with E-state index in [0.29, 0.717) is 30.2 Å². The van der Waals surface area contributed by atoms with Gasteiger partial charge in [0, 0.05) is 31.7 Å². The molecule has 3 aromatic rings. The molecular weight excluding hydrogens is 434 g/mol. The molecule has 0 saturated carbocycles. The molecule has 0 aliphatic carbocycles. The summed E-state index contributed by atoms with van der Waals surface area (Å²) in [4.78, 5) is 32.6. The fourth-order valence-electron chi connectivity index (χ4n) is 4.19. The molecule has 4 rings (SSSR count). The Balaban J connectivity index is 1.85. The highest BCUT2D eigenvalue weighted by atomic mass is 79.9. The first-order valence-electron chi connectivity index (χ1n) is 9.97. The molecule has 1 aliphatic heterocycles. The highest BCUT2D eigenvalue weighted by molar-refractivity contribution is 9.10. The fraction of sp³-hybridized carbons (Fsp3) is 0.476. The average Bonchev–Trinajstić information content (AvgIpc) is 3.04. The number of likely N-dealkylation sites (tertiary alicyclic amines) is 1. The molecule has 29 heavy (non-hydrogen) atoms. The second-order valence-corrected chi connectivity index (χ2v) is 9.02. The highest BCUT2D eigenvalue weighted by Crippen LogP contribution is 2.21. The van der Waals surface area contributed by atoms with E-state index < -0.39 is 0 Å². The fourth-order valence-corrected chi connectivity index (χ4v) is 4.45. The molecule has 1 saturated heterocycles. The highest BCUT2D eigenvalue weighted by Gasteiger charge is 2.23. The maximum absolute atomic E-state index is 13.0. The maximum atomic E-state index is 13.0. The molecule has 0 amide bonds. The number of hydrogen-bond acceptors (Lipinski definition) is 4. The molecule has 2 aromatic heterocycles. The van der Waals surface area contributed by atoms with Gasteiger partial charge in [-0.1, -0.05) is 35.0 Å². The van der Waals surface area contributed by atoms with Crippen LogP contribution in [0.4, 0.5) is 0 Å². The Morgan fingerprint density at radius 2 is 1.83 bits per heavy atom. The van der Waals surface area contributed by atoms with Gasteiger partial charge in [0.1, 0.15) is 5.82 Å². The summed E-state index contributed by atoms with van der Waals surface area (Å²) in [6, 6.07) is 8.06. The van der Waals surface area contributed by atoms with Crippen LogP contribution >= 0.6 is 15.9 Å². The Bertz CT molecular complexity index is 1160. The summed E-state index contributed by atoms with van der Waals surface area (Å²) in [5, 5.41) is 0. The Kier molecular flexibility index (Phi) is 5.48. The Labute approximate surface area is 177 Å². The topological polar surface area (TPSA) is 65.1 Å². The van der Waals surface area contributed by atoms with Crippen molar-refractivity contribution < 1.29 is 0 Å². The summed E-state index contributed by atoms with van der Waals surface area (Å²) < 4.78 is 5.63. The van der Waals surface area contributed by atoms with Gasteiger partial charge in [-0.15, -0.1) is 0 Å². The van der Waals surface area contributed by atoms with Crippen LogP contribution in [0.15, 0.2) is 38.3 Å². The lowest BCUT2D eigenvalue weighted by Crippen LogP contribution is -2.37. The van der Waals surface area contributed by atoms with Gasteiger partial charge in [-0.25, -0.2) is 9.78 Å². The summed E-state index contributed by atoms with van der Waals surface area (Å²) >= 11 is 3.47. The normalized spacial score (nSPS) is 17.9. The minimum Gasteiger partial charge on any atom is -0.317 e. The predicted molar refractivity (Wildman–Crippen MR) is 117 cm³/mol. The first-order chi connectivity index (χ1) is 13.8. The molecule has 7 nitrogen and oxygen atoms in total. The summed E-state index contributed by atoms with van der Waals surface area (Å²) in [5.74, 6) is 1.49. The first kappa shape index (κ1) is 20.1. The van der Waals surface area contributed by atoms with E-state index in [0.717, 1.165) is 33.5 Å². The van der Waals surface area contributed by atoms with E-state index >= 15 is 0 Å². The zero-order valence-corrected chi connectivity index (χ0v) is 18.6. The third-order valence-corrected chi connectivity index (χ3v) is 6.32. The van der Waals surface area contributed by atoms with Crippen molar-refractivity contribution in [2.75, 3.05) is 13.1 Å². The van der Waals surface area contributed by atoms with Crippen LogP contribution < -0.4 is 11.2 Å². The van der Waals surface area contributed by atoms with E-state index in [1.54, 1.807) is 7.05 Å². The number of fused-ring (bicyclic) bond motifs is 1. The molecule has 154 valence electrons. The van der Waals surface area contributed by atoms with Crippen molar-refractivity contribution in [1.82, 2.24) is 23.6 Å². The number of rotatable bonds is 4. The second-order valence-electron chi connectivity index (χ2n) is 8.10. The zero-order chi connectivity index (χ0) is 20.7. The van der Waals surface area contributed by atoms with Gasteiger partial charge in [-0.05, 0) is 43.0 Å². The Morgan fingerprint density at radius 1 is 1.10 bits per heavy atom. The van der Waals surface area contributed by atoms with Gasteiger partial charge in [-0.3, -0.25) is 18.8 Å². The van der Waals surface area contributed by atoms with Crippen molar-refractivity contribution in [2.24, 2.45) is 20.0 Å². The van der Waals surface area contributed by atoms with Gasteiger partial charge in [0.25, 0.3) is 5.56 Å².